The van der Waals surface area contributed by atoms with E-state index in [9.17, 15) is 13.2 Å². The highest BCUT2D eigenvalue weighted by Gasteiger charge is 2.37. The number of anilines is 1. The van der Waals surface area contributed by atoms with Gasteiger partial charge in [-0.05, 0) is 55.9 Å². The number of carbonyl (C=O) groups excluding carboxylic acids is 1. The van der Waals surface area contributed by atoms with Crippen LogP contribution in [0, 0.1) is 19.4 Å². The summed E-state index contributed by atoms with van der Waals surface area (Å²) in [4.78, 5) is 29.3. The molecule has 0 N–H and O–H groups in total. The SMILES string of the molecule is [C-]#[N+]c1cc(Cl)cnc1N1CCC(N2CC[C@H](Cc3cnc(S(C)(=O)=O)cc3C)C2=O)CC1. The van der Waals surface area contributed by atoms with Crippen molar-refractivity contribution in [3.05, 3.63) is 52.1 Å². The number of amides is 1. The third kappa shape index (κ3) is 4.97. The molecule has 1 atom stereocenters. The maximum Gasteiger partial charge on any atom is 0.229 e. The first-order valence-corrected chi connectivity index (χ1v) is 13.2. The van der Waals surface area contributed by atoms with E-state index in [1.807, 2.05) is 11.8 Å². The number of hydrogen-bond acceptors (Lipinski definition) is 6. The molecule has 4 heterocycles. The number of aryl methyl sites for hydroxylation is 1. The molecule has 8 nitrogen and oxygen atoms in total. The van der Waals surface area contributed by atoms with Crippen molar-refractivity contribution >= 4 is 38.9 Å². The maximum atomic E-state index is 13.2. The molecule has 0 spiro atoms. The van der Waals surface area contributed by atoms with Crippen LogP contribution in [-0.2, 0) is 21.1 Å². The smallest absolute Gasteiger partial charge is 0.229 e. The zero-order valence-corrected chi connectivity index (χ0v) is 20.2. The van der Waals surface area contributed by atoms with Crippen LogP contribution in [0.2, 0.25) is 5.02 Å². The average Bonchev–Trinajstić information content (AvgIpc) is 3.14. The third-order valence-electron chi connectivity index (χ3n) is 6.53. The van der Waals surface area contributed by atoms with E-state index in [0.717, 1.165) is 56.3 Å². The van der Waals surface area contributed by atoms with Crippen molar-refractivity contribution in [3.63, 3.8) is 0 Å². The van der Waals surface area contributed by atoms with Gasteiger partial charge in [-0.2, -0.15) is 0 Å². The lowest BCUT2D eigenvalue weighted by molar-refractivity contribution is -0.133. The first kappa shape index (κ1) is 23.5. The van der Waals surface area contributed by atoms with Crippen LogP contribution in [0.1, 0.15) is 30.4 Å². The number of aromatic nitrogens is 2. The summed E-state index contributed by atoms with van der Waals surface area (Å²) in [5.74, 6) is 0.699. The van der Waals surface area contributed by atoms with E-state index in [-0.39, 0.29) is 22.9 Å². The summed E-state index contributed by atoms with van der Waals surface area (Å²) >= 11 is 5.97. The molecule has 2 aromatic rings. The molecule has 2 aliphatic heterocycles. The van der Waals surface area contributed by atoms with Crippen molar-refractivity contribution in [2.75, 3.05) is 30.8 Å². The molecule has 4 rings (SSSR count). The Morgan fingerprint density at radius 3 is 2.52 bits per heavy atom. The highest BCUT2D eigenvalue weighted by molar-refractivity contribution is 7.90. The van der Waals surface area contributed by atoms with E-state index in [1.165, 1.54) is 0 Å². The molecule has 33 heavy (non-hydrogen) atoms. The van der Waals surface area contributed by atoms with Gasteiger partial charge in [0.15, 0.2) is 14.9 Å². The van der Waals surface area contributed by atoms with E-state index in [1.54, 1.807) is 24.5 Å². The number of pyridine rings is 2. The predicted octanol–water partition coefficient (Wildman–Crippen LogP) is 3.45. The summed E-state index contributed by atoms with van der Waals surface area (Å²) in [6, 6.07) is 3.39. The lowest BCUT2D eigenvalue weighted by Gasteiger charge is -2.37. The van der Waals surface area contributed by atoms with Gasteiger partial charge in [0, 0.05) is 55.3 Å². The number of likely N-dealkylation sites (tertiary alicyclic amines) is 1. The fourth-order valence-corrected chi connectivity index (χ4v) is 5.48. The molecule has 0 bridgehead atoms. The standard InChI is InChI=1S/C23H26ClN5O3S/c1-15-10-21(33(3,31)32)26-13-17(15)11-16-4-9-29(23(16)30)19-5-7-28(8-6-19)22-20(25-2)12-18(24)14-27-22/h10,12-14,16,19H,4-9,11H2,1,3H3/t16-/m1/s1. The molecule has 174 valence electrons. The van der Waals surface area contributed by atoms with E-state index in [2.05, 4.69) is 19.7 Å². The first-order chi connectivity index (χ1) is 15.7. The monoisotopic (exact) mass is 487 g/mol. The number of rotatable bonds is 5. The average molecular weight is 488 g/mol. The number of halogens is 1. The minimum Gasteiger partial charge on any atom is -0.365 e. The van der Waals surface area contributed by atoms with Gasteiger partial charge in [0.1, 0.15) is 5.82 Å². The van der Waals surface area contributed by atoms with E-state index in [4.69, 9.17) is 18.2 Å². The second kappa shape index (κ2) is 9.27. The van der Waals surface area contributed by atoms with Crippen LogP contribution >= 0.6 is 11.6 Å². The third-order valence-corrected chi connectivity index (χ3v) is 7.72. The fraction of sp³-hybridized carbons (Fsp3) is 0.478. The Morgan fingerprint density at radius 1 is 1.15 bits per heavy atom. The van der Waals surface area contributed by atoms with Gasteiger partial charge < -0.3 is 9.80 Å². The molecule has 2 fully saturated rings. The lowest BCUT2D eigenvalue weighted by Crippen LogP contribution is -2.46. The van der Waals surface area contributed by atoms with Crippen LogP contribution in [0.25, 0.3) is 4.85 Å². The van der Waals surface area contributed by atoms with Gasteiger partial charge in [-0.15, -0.1) is 0 Å². The Kier molecular flexibility index (Phi) is 6.59. The Morgan fingerprint density at radius 2 is 1.88 bits per heavy atom. The Bertz CT molecular complexity index is 1220. The quantitative estimate of drug-likeness (QED) is 0.600. The second-order valence-corrected chi connectivity index (χ2v) is 11.2. The Balaban J connectivity index is 1.38. The van der Waals surface area contributed by atoms with Crippen LogP contribution < -0.4 is 4.90 Å². The van der Waals surface area contributed by atoms with Crippen molar-refractivity contribution in [3.8, 4) is 0 Å². The molecule has 0 unspecified atom stereocenters. The molecular weight excluding hydrogens is 462 g/mol. The van der Waals surface area contributed by atoms with Gasteiger partial charge in [0.05, 0.1) is 6.57 Å². The van der Waals surface area contributed by atoms with Gasteiger partial charge in [0.2, 0.25) is 11.6 Å². The van der Waals surface area contributed by atoms with Crippen LogP contribution in [0.15, 0.2) is 29.6 Å². The minimum atomic E-state index is -3.35. The zero-order chi connectivity index (χ0) is 23.8. The summed E-state index contributed by atoms with van der Waals surface area (Å²) in [7, 11) is -3.35. The van der Waals surface area contributed by atoms with Gasteiger partial charge in [-0.1, -0.05) is 11.6 Å². The van der Waals surface area contributed by atoms with Gasteiger partial charge in [0.25, 0.3) is 0 Å². The molecule has 0 saturated carbocycles. The van der Waals surface area contributed by atoms with Crippen molar-refractivity contribution in [2.24, 2.45) is 5.92 Å². The molecule has 1 amide bonds. The number of carbonyl (C=O) groups is 1. The predicted molar refractivity (Wildman–Crippen MR) is 126 cm³/mol. The molecular formula is C23H26ClN5O3S. The summed E-state index contributed by atoms with van der Waals surface area (Å²) in [6.07, 6.45) is 7.30. The van der Waals surface area contributed by atoms with E-state index >= 15 is 0 Å². The number of piperidine rings is 1. The number of hydrogen-bond donors (Lipinski definition) is 0. The molecule has 10 heteroatoms. The second-order valence-electron chi connectivity index (χ2n) is 8.77. The van der Waals surface area contributed by atoms with Crippen LogP contribution in [-0.4, -0.2) is 61.1 Å². The van der Waals surface area contributed by atoms with Crippen LogP contribution in [0.4, 0.5) is 11.5 Å². The topological polar surface area (TPSA) is 87.8 Å². The summed E-state index contributed by atoms with van der Waals surface area (Å²) in [5, 5.41) is 0.510. The molecule has 2 aliphatic rings. The molecule has 0 aliphatic carbocycles. The normalized spacial score (nSPS) is 19.7. The molecule has 2 saturated heterocycles. The number of nitrogens with zero attached hydrogens (tertiary/aromatic N) is 5. The minimum absolute atomic E-state index is 0.0615. The lowest BCUT2D eigenvalue weighted by atomic mass is 9.96. The molecule has 0 radical (unpaired) electrons. The number of sulfone groups is 1. The Hall–Kier alpha value is -2.70. The van der Waals surface area contributed by atoms with Gasteiger partial charge in [-0.25, -0.2) is 23.2 Å². The summed E-state index contributed by atoms with van der Waals surface area (Å²) in [5.41, 5.74) is 2.21. The van der Waals surface area contributed by atoms with Crippen LogP contribution in [0.5, 0.6) is 0 Å². The molecule has 0 aromatic carbocycles. The van der Waals surface area contributed by atoms with Gasteiger partial charge >= 0.3 is 0 Å². The summed E-state index contributed by atoms with van der Waals surface area (Å²) in [6.45, 7) is 11.4. The van der Waals surface area contributed by atoms with Crippen molar-refractivity contribution in [1.29, 1.82) is 0 Å². The Labute approximate surface area is 199 Å². The maximum absolute atomic E-state index is 13.2. The van der Waals surface area contributed by atoms with Crippen molar-refractivity contribution in [2.45, 2.75) is 43.7 Å². The highest BCUT2D eigenvalue weighted by Crippen LogP contribution is 2.33. The van der Waals surface area contributed by atoms with Crippen molar-refractivity contribution in [1.82, 2.24) is 14.9 Å². The largest absolute Gasteiger partial charge is 0.365 e. The first-order valence-electron chi connectivity index (χ1n) is 10.9. The van der Waals surface area contributed by atoms with Crippen LogP contribution in [0.3, 0.4) is 0 Å². The van der Waals surface area contributed by atoms with Gasteiger partial charge in [-0.3, -0.25) is 4.79 Å². The summed E-state index contributed by atoms with van der Waals surface area (Å²) < 4.78 is 23.4. The van der Waals surface area contributed by atoms with E-state index in [0.29, 0.717) is 22.9 Å². The van der Waals surface area contributed by atoms with Crippen molar-refractivity contribution < 1.29 is 13.2 Å². The fourth-order valence-electron chi connectivity index (χ4n) is 4.69. The molecule has 2 aromatic heterocycles. The zero-order valence-electron chi connectivity index (χ0n) is 18.7. The van der Waals surface area contributed by atoms with E-state index < -0.39 is 9.84 Å². The highest BCUT2D eigenvalue weighted by atomic mass is 35.5.